The highest BCUT2D eigenvalue weighted by Crippen LogP contribution is 2.05. The molecule has 1 aromatic heterocycles. The number of carbonyl (C=O) groups is 2. The number of aromatic carboxylic acids is 1. The molecule has 0 fully saturated rings. The first kappa shape index (κ1) is 16.1. The molecule has 6 heteroatoms. The van der Waals surface area contributed by atoms with Crippen molar-refractivity contribution < 1.29 is 19.4 Å². The number of carbonyl (C=O) groups excluding carboxylic acids is 1. The van der Waals surface area contributed by atoms with Crippen molar-refractivity contribution in [1.82, 2.24) is 10.3 Å². The van der Waals surface area contributed by atoms with Crippen LogP contribution in [-0.2, 0) is 4.74 Å². The molecule has 0 aliphatic heterocycles. The number of pyridine rings is 1. The van der Waals surface area contributed by atoms with Crippen molar-refractivity contribution in [3.05, 3.63) is 29.6 Å². The minimum absolute atomic E-state index is 0.0666. The average molecular weight is 280 g/mol. The Morgan fingerprint density at radius 3 is 2.85 bits per heavy atom. The topological polar surface area (TPSA) is 88.5 Å². The monoisotopic (exact) mass is 280 g/mol. The summed E-state index contributed by atoms with van der Waals surface area (Å²) in [6.45, 7) is 5.81. The van der Waals surface area contributed by atoms with Crippen molar-refractivity contribution in [3.8, 4) is 0 Å². The van der Waals surface area contributed by atoms with E-state index in [0.29, 0.717) is 32.1 Å². The van der Waals surface area contributed by atoms with E-state index < -0.39 is 11.9 Å². The van der Waals surface area contributed by atoms with Crippen LogP contribution >= 0.6 is 0 Å². The highest BCUT2D eigenvalue weighted by molar-refractivity contribution is 6.03. The van der Waals surface area contributed by atoms with Gasteiger partial charge in [0, 0.05) is 26.0 Å². The van der Waals surface area contributed by atoms with Gasteiger partial charge in [-0.3, -0.25) is 9.78 Å². The number of nitrogens with one attached hydrogen (secondary N) is 1. The van der Waals surface area contributed by atoms with E-state index >= 15 is 0 Å². The number of carboxylic acids is 1. The summed E-state index contributed by atoms with van der Waals surface area (Å²) in [5.74, 6) is -1.16. The molecule has 0 saturated heterocycles. The van der Waals surface area contributed by atoms with Crippen LogP contribution in [0.4, 0.5) is 0 Å². The SMILES string of the molecule is CC(C)COCCCNC(=O)c1ncccc1C(=O)O. The summed E-state index contributed by atoms with van der Waals surface area (Å²) in [6.07, 6.45) is 2.07. The van der Waals surface area contributed by atoms with E-state index in [1.807, 2.05) is 0 Å². The van der Waals surface area contributed by atoms with Gasteiger partial charge < -0.3 is 15.2 Å². The maximum absolute atomic E-state index is 11.8. The summed E-state index contributed by atoms with van der Waals surface area (Å²) < 4.78 is 5.38. The second-order valence-electron chi connectivity index (χ2n) is 4.78. The summed E-state index contributed by atoms with van der Waals surface area (Å²) in [4.78, 5) is 26.6. The average Bonchev–Trinajstić information content (AvgIpc) is 2.42. The quantitative estimate of drug-likeness (QED) is 0.706. The molecular formula is C14H20N2O4. The Bertz CT molecular complexity index is 460. The third-order valence-electron chi connectivity index (χ3n) is 2.46. The van der Waals surface area contributed by atoms with Gasteiger partial charge in [0.2, 0.25) is 0 Å². The van der Waals surface area contributed by atoms with Gasteiger partial charge >= 0.3 is 5.97 Å². The normalized spacial score (nSPS) is 10.6. The smallest absolute Gasteiger partial charge is 0.338 e. The van der Waals surface area contributed by atoms with Crippen LogP contribution in [0, 0.1) is 5.92 Å². The van der Waals surface area contributed by atoms with Gasteiger partial charge in [-0.25, -0.2) is 4.79 Å². The highest BCUT2D eigenvalue weighted by atomic mass is 16.5. The molecule has 0 atom stereocenters. The Hall–Kier alpha value is -1.95. The zero-order chi connectivity index (χ0) is 15.0. The Morgan fingerprint density at radius 2 is 2.20 bits per heavy atom. The molecule has 110 valence electrons. The summed E-state index contributed by atoms with van der Waals surface area (Å²) in [5, 5.41) is 11.6. The van der Waals surface area contributed by atoms with E-state index in [2.05, 4.69) is 24.1 Å². The molecular weight excluding hydrogens is 260 g/mol. The van der Waals surface area contributed by atoms with Crippen molar-refractivity contribution in [1.29, 1.82) is 0 Å². The number of ether oxygens (including phenoxy) is 1. The van der Waals surface area contributed by atoms with Crippen LogP contribution in [-0.4, -0.2) is 41.7 Å². The fraction of sp³-hybridized carbons (Fsp3) is 0.500. The number of hydrogen-bond donors (Lipinski definition) is 2. The lowest BCUT2D eigenvalue weighted by molar-refractivity contribution is 0.0689. The Morgan fingerprint density at radius 1 is 1.45 bits per heavy atom. The fourth-order valence-electron chi connectivity index (χ4n) is 1.54. The molecule has 1 aromatic rings. The van der Waals surface area contributed by atoms with Crippen LogP contribution in [0.1, 0.15) is 41.1 Å². The van der Waals surface area contributed by atoms with Crippen LogP contribution in [0.3, 0.4) is 0 Å². The van der Waals surface area contributed by atoms with E-state index in [9.17, 15) is 9.59 Å². The van der Waals surface area contributed by atoms with E-state index in [0.717, 1.165) is 0 Å². The fourth-order valence-corrected chi connectivity index (χ4v) is 1.54. The van der Waals surface area contributed by atoms with Crippen LogP contribution in [0.15, 0.2) is 18.3 Å². The number of aromatic nitrogens is 1. The van der Waals surface area contributed by atoms with Crippen LogP contribution in [0.5, 0.6) is 0 Å². The predicted octanol–water partition coefficient (Wildman–Crippen LogP) is 1.57. The molecule has 20 heavy (non-hydrogen) atoms. The summed E-state index contributed by atoms with van der Waals surface area (Å²) in [6, 6.07) is 2.84. The first-order valence-corrected chi connectivity index (χ1v) is 6.56. The lowest BCUT2D eigenvalue weighted by Gasteiger charge is -2.08. The minimum Gasteiger partial charge on any atom is -0.478 e. The van der Waals surface area contributed by atoms with E-state index in [4.69, 9.17) is 9.84 Å². The second kappa shape index (κ2) is 8.27. The Kier molecular flexibility index (Phi) is 6.66. The third-order valence-corrected chi connectivity index (χ3v) is 2.46. The van der Waals surface area contributed by atoms with E-state index in [-0.39, 0.29) is 11.3 Å². The van der Waals surface area contributed by atoms with Crippen molar-refractivity contribution in [2.45, 2.75) is 20.3 Å². The van der Waals surface area contributed by atoms with Crippen LogP contribution < -0.4 is 5.32 Å². The number of nitrogens with zero attached hydrogens (tertiary/aromatic N) is 1. The number of carboxylic acid groups (broad SMARTS) is 1. The molecule has 0 saturated carbocycles. The zero-order valence-corrected chi connectivity index (χ0v) is 11.8. The first-order valence-electron chi connectivity index (χ1n) is 6.56. The van der Waals surface area contributed by atoms with Gasteiger partial charge in [-0.05, 0) is 24.5 Å². The van der Waals surface area contributed by atoms with Gasteiger partial charge in [0.05, 0.1) is 5.56 Å². The largest absolute Gasteiger partial charge is 0.478 e. The maximum atomic E-state index is 11.8. The molecule has 1 rings (SSSR count). The van der Waals surface area contributed by atoms with E-state index in [1.54, 1.807) is 0 Å². The number of hydrogen-bond acceptors (Lipinski definition) is 4. The summed E-state index contributed by atoms with van der Waals surface area (Å²) in [7, 11) is 0. The molecule has 0 unspecified atom stereocenters. The number of amides is 1. The standard InChI is InChI=1S/C14H20N2O4/c1-10(2)9-20-8-4-7-16-13(17)12-11(14(18)19)5-3-6-15-12/h3,5-6,10H,4,7-9H2,1-2H3,(H,16,17)(H,18,19). The third kappa shape index (κ3) is 5.36. The summed E-state index contributed by atoms with van der Waals surface area (Å²) in [5.41, 5.74) is -0.163. The minimum atomic E-state index is -1.16. The van der Waals surface area contributed by atoms with Crippen molar-refractivity contribution in [3.63, 3.8) is 0 Å². The Labute approximate surface area is 118 Å². The molecule has 0 radical (unpaired) electrons. The maximum Gasteiger partial charge on any atom is 0.338 e. The van der Waals surface area contributed by atoms with Gasteiger partial charge in [-0.2, -0.15) is 0 Å². The van der Waals surface area contributed by atoms with Crippen molar-refractivity contribution >= 4 is 11.9 Å². The number of rotatable bonds is 8. The summed E-state index contributed by atoms with van der Waals surface area (Å²) >= 11 is 0. The molecule has 2 N–H and O–H groups in total. The van der Waals surface area contributed by atoms with Crippen molar-refractivity contribution in [2.24, 2.45) is 5.92 Å². The highest BCUT2D eigenvalue weighted by Gasteiger charge is 2.16. The first-order chi connectivity index (χ1) is 9.52. The van der Waals surface area contributed by atoms with Crippen molar-refractivity contribution in [2.75, 3.05) is 19.8 Å². The van der Waals surface area contributed by atoms with Gasteiger partial charge in [-0.1, -0.05) is 13.8 Å². The van der Waals surface area contributed by atoms with Crippen LogP contribution in [0.25, 0.3) is 0 Å². The predicted molar refractivity (Wildman–Crippen MR) is 73.8 cm³/mol. The second-order valence-corrected chi connectivity index (χ2v) is 4.78. The lowest BCUT2D eigenvalue weighted by atomic mass is 10.2. The molecule has 0 bridgehead atoms. The molecule has 0 aromatic carbocycles. The van der Waals surface area contributed by atoms with Gasteiger partial charge in [0.15, 0.2) is 0 Å². The van der Waals surface area contributed by atoms with Gasteiger partial charge in [0.25, 0.3) is 5.91 Å². The molecule has 0 aliphatic carbocycles. The molecule has 1 amide bonds. The van der Waals surface area contributed by atoms with Crippen LogP contribution in [0.2, 0.25) is 0 Å². The van der Waals surface area contributed by atoms with Gasteiger partial charge in [0.1, 0.15) is 5.69 Å². The zero-order valence-electron chi connectivity index (χ0n) is 11.8. The molecule has 6 nitrogen and oxygen atoms in total. The Balaban J connectivity index is 2.38. The molecule has 0 spiro atoms. The molecule has 1 heterocycles. The van der Waals surface area contributed by atoms with E-state index in [1.165, 1.54) is 18.3 Å². The van der Waals surface area contributed by atoms with Gasteiger partial charge in [-0.15, -0.1) is 0 Å². The molecule has 0 aliphatic rings. The lowest BCUT2D eigenvalue weighted by Crippen LogP contribution is -2.28.